The van der Waals surface area contributed by atoms with Crippen molar-refractivity contribution in [2.45, 2.75) is 38.6 Å². The number of ether oxygens (including phenoxy) is 1. The van der Waals surface area contributed by atoms with Gasteiger partial charge in [0.1, 0.15) is 0 Å². The summed E-state index contributed by atoms with van der Waals surface area (Å²) in [6.45, 7) is 1.61. The van der Waals surface area contributed by atoms with Crippen molar-refractivity contribution in [1.82, 2.24) is 10.6 Å². The molecule has 2 rings (SSSR count). The first-order chi connectivity index (χ1) is 11.5. The predicted octanol–water partition coefficient (Wildman–Crippen LogP) is 2.71. The molecule has 0 saturated heterocycles. The summed E-state index contributed by atoms with van der Waals surface area (Å²) in [5, 5.41) is 8.77. The molecule has 3 amide bonds. The van der Waals surface area contributed by atoms with Gasteiger partial charge in [-0.15, -0.1) is 0 Å². The first-order valence-electron chi connectivity index (χ1n) is 8.02. The molecule has 7 heteroatoms. The van der Waals surface area contributed by atoms with Gasteiger partial charge in [-0.1, -0.05) is 19.8 Å². The second kappa shape index (κ2) is 9.22. The molecule has 1 heterocycles. The number of thiophene rings is 1. The first-order valence-corrected chi connectivity index (χ1v) is 8.96. The van der Waals surface area contributed by atoms with Gasteiger partial charge in [0.25, 0.3) is 5.91 Å². The minimum absolute atomic E-state index is 0.0858. The third-order valence-corrected chi connectivity index (χ3v) is 4.68. The molecule has 0 unspecified atom stereocenters. The lowest BCUT2D eigenvalue weighted by Gasteiger charge is -2.29. The SMILES string of the molecule is C[C@@H]1CCCC[C@@H]1NC(=O)NC(=O)COC(=O)/C=C/c1ccsc1. The Morgan fingerprint density at radius 2 is 2.12 bits per heavy atom. The van der Waals surface area contributed by atoms with Gasteiger partial charge in [-0.2, -0.15) is 11.3 Å². The number of nitrogens with one attached hydrogen (secondary N) is 2. The van der Waals surface area contributed by atoms with Crippen molar-refractivity contribution < 1.29 is 19.1 Å². The molecule has 0 aliphatic heterocycles. The molecule has 2 atom stereocenters. The maximum absolute atomic E-state index is 11.8. The lowest BCUT2D eigenvalue weighted by atomic mass is 9.86. The molecule has 0 spiro atoms. The fourth-order valence-corrected chi connectivity index (χ4v) is 3.25. The number of carbonyl (C=O) groups is 3. The molecule has 130 valence electrons. The zero-order chi connectivity index (χ0) is 17.4. The number of amides is 3. The molecule has 1 fully saturated rings. The molecule has 1 aromatic heterocycles. The highest BCUT2D eigenvalue weighted by Crippen LogP contribution is 2.23. The average Bonchev–Trinajstić information content (AvgIpc) is 3.06. The van der Waals surface area contributed by atoms with Crippen LogP contribution in [-0.4, -0.2) is 30.6 Å². The van der Waals surface area contributed by atoms with E-state index >= 15 is 0 Å². The Morgan fingerprint density at radius 3 is 2.83 bits per heavy atom. The lowest BCUT2D eigenvalue weighted by molar-refractivity contribution is -0.143. The molecular weight excluding hydrogens is 328 g/mol. The van der Waals surface area contributed by atoms with Gasteiger partial charge < -0.3 is 10.1 Å². The number of carbonyl (C=O) groups excluding carboxylic acids is 3. The summed E-state index contributed by atoms with van der Waals surface area (Å²) in [4.78, 5) is 34.9. The van der Waals surface area contributed by atoms with Crippen LogP contribution >= 0.6 is 11.3 Å². The third-order valence-electron chi connectivity index (χ3n) is 3.98. The summed E-state index contributed by atoms with van der Waals surface area (Å²) in [5.41, 5.74) is 0.891. The van der Waals surface area contributed by atoms with E-state index in [0.717, 1.165) is 24.8 Å². The number of rotatable bonds is 5. The van der Waals surface area contributed by atoms with Crippen LogP contribution in [-0.2, 0) is 14.3 Å². The Labute approximate surface area is 145 Å². The first kappa shape index (κ1) is 18.2. The maximum atomic E-state index is 11.8. The second-order valence-corrected chi connectivity index (χ2v) is 6.67. The fourth-order valence-electron chi connectivity index (χ4n) is 2.62. The Balaban J connectivity index is 1.66. The van der Waals surface area contributed by atoms with Crippen LogP contribution in [0.25, 0.3) is 6.08 Å². The van der Waals surface area contributed by atoms with E-state index in [1.165, 1.54) is 23.8 Å². The van der Waals surface area contributed by atoms with Gasteiger partial charge in [0.2, 0.25) is 0 Å². The maximum Gasteiger partial charge on any atom is 0.331 e. The predicted molar refractivity (Wildman–Crippen MR) is 92.4 cm³/mol. The smallest absolute Gasteiger partial charge is 0.331 e. The molecule has 1 aliphatic carbocycles. The van der Waals surface area contributed by atoms with Gasteiger partial charge >= 0.3 is 12.0 Å². The van der Waals surface area contributed by atoms with E-state index < -0.39 is 24.5 Å². The molecular formula is C17H22N2O4S. The highest BCUT2D eigenvalue weighted by atomic mass is 32.1. The van der Waals surface area contributed by atoms with Crippen molar-refractivity contribution in [2.75, 3.05) is 6.61 Å². The van der Waals surface area contributed by atoms with Crippen molar-refractivity contribution >= 4 is 35.3 Å². The van der Waals surface area contributed by atoms with E-state index in [9.17, 15) is 14.4 Å². The van der Waals surface area contributed by atoms with E-state index in [0.29, 0.717) is 5.92 Å². The van der Waals surface area contributed by atoms with Gasteiger partial charge in [0.15, 0.2) is 6.61 Å². The minimum atomic E-state index is -0.645. The van der Waals surface area contributed by atoms with E-state index in [-0.39, 0.29) is 6.04 Å². The Morgan fingerprint density at radius 1 is 1.33 bits per heavy atom. The summed E-state index contributed by atoms with van der Waals surface area (Å²) in [6.07, 6.45) is 7.11. The molecule has 1 saturated carbocycles. The van der Waals surface area contributed by atoms with E-state index in [4.69, 9.17) is 4.74 Å². The van der Waals surface area contributed by atoms with Crippen molar-refractivity contribution in [3.05, 3.63) is 28.5 Å². The van der Waals surface area contributed by atoms with Crippen molar-refractivity contribution in [3.63, 3.8) is 0 Å². The summed E-state index contributed by atoms with van der Waals surface area (Å²) in [6, 6.07) is 1.41. The van der Waals surface area contributed by atoms with Gasteiger partial charge in [0.05, 0.1) is 0 Å². The Hall–Kier alpha value is -2.15. The summed E-state index contributed by atoms with van der Waals surface area (Å²) in [7, 11) is 0. The molecule has 1 aliphatic rings. The monoisotopic (exact) mass is 350 g/mol. The van der Waals surface area contributed by atoms with Gasteiger partial charge in [-0.3, -0.25) is 10.1 Å². The van der Waals surface area contributed by atoms with Gasteiger partial charge in [-0.05, 0) is 47.2 Å². The van der Waals surface area contributed by atoms with Crippen LogP contribution < -0.4 is 10.6 Å². The highest BCUT2D eigenvalue weighted by Gasteiger charge is 2.23. The molecule has 1 aromatic rings. The summed E-state index contributed by atoms with van der Waals surface area (Å²) >= 11 is 1.52. The number of hydrogen-bond acceptors (Lipinski definition) is 5. The van der Waals surface area contributed by atoms with Crippen molar-refractivity contribution in [2.24, 2.45) is 5.92 Å². The Kier molecular flexibility index (Phi) is 6.99. The normalized spacial score (nSPS) is 20.5. The largest absolute Gasteiger partial charge is 0.452 e. The highest BCUT2D eigenvalue weighted by molar-refractivity contribution is 7.08. The molecule has 0 radical (unpaired) electrons. The molecule has 0 aromatic carbocycles. The van der Waals surface area contributed by atoms with Crippen LogP contribution in [0.15, 0.2) is 22.9 Å². The summed E-state index contributed by atoms with van der Waals surface area (Å²) in [5.74, 6) is -0.870. The standard InChI is InChI=1S/C17H22N2O4S/c1-12-4-2-3-5-14(12)18-17(22)19-15(20)10-23-16(21)7-6-13-8-9-24-11-13/h6-9,11-12,14H,2-5,10H2,1H3,(H2,18,19,20,22)/b7-6+/t12-,14+/m1/s1. The van der Waals surface area contributed by atoms with Crippen molar-refractivity contribution in [3.8, 4) is 0 Å². The van der Waals surface area contributed by atoms with E-state index in [1.54, 1.807) is 6.08 Å². The summed E-state index contributed by atoms with van der Waals surface area (Å²) < 4.78 is 4.80. The zero-order valence-corrected chi connectivity index (χ0v) is 14.4. The number of hydrogen-bond donors (Lipinski definition) is 2. The van der Waals surface area contributed by atoms with E-state index in [1.807, 2.05) is 16.8 Å². The quantitative estimate of drug-likeness (QED) is 0.632. The Bertz CT molecular complexity index is 598. The molecule has 24 heavy (non-hydrogen) atoms. The van der Waals surface area contributed by atoms with Crippen LogP contribution in [0.5, 0.6) is 0 Å². The van der Waals surface area contributed by atoms with Gasteiger partial charge in [-0.25, -0.2) is 9.59 Å². The average molecular weight is 350 g/mol. The zero-order valence-electron chi connectivity index (χ0n) is 13.6. The van der Waals surface area contributed by atoms with Crippen LogP contribution in [0.2, 0.25) is 0 Å². The second-order valence-electron chi connectivity index (χ2n) is 5.89. The van der Waals surface area contributed by atoms with Crippen LogP contribution in [0, 0.1) is 5.92 Å². The topological polar surface area (TPSA) is 84.5 Å². The van der Waals surface area contributed by atoms with Gasteiger partial charge in [0, 0.05) is 12.1 Å². The van der Waals surface area contributed by atoms with Crippen LogP contribution in [0.4, 0.5) is 4.79 Å². The number of imide groups is 1. The van der Waals surface area contributed by atoms with Crippen LogP contribution in [0.1, 0.15) is 38.2 Å². The third kappa shape index (κ3) is 6.16. The molecule has 2 N–H and O–H groups in total. The minimum Gasteiger partial charge on any atom is -0.452 e. The number of esters is 1. The number of urea groups is 1. The molecule has 0 bridgehead atoms. The van der Waals surface area contributed by atoms with E-state index in [2.05, 4.69) is 17.6 Å². The van der Waals surface area contributed by atoms with Crippen LogP contribution in [0.3, 0.4) is 0 Å². The molecule has 6 nitrogen and oxygen atoms in total. The fraction of sp³-hybridized carbons (Fsp3) is 0.471. The lowest BCUT2D eigenvalue weighted by Crippen LogP contribution is -2.48. The van der Waals surface area contributed by atoms with Crippen molar-refractivity contribution in [1.29, 1.82) is 0 Å².